The largest absolute Gasteiger partial charge is 0.464 e. The minimum atomic E-state index is -0.0351. The summed E-state index contributed by atoms with van der Waals surface area (Å²) in [5.41, 5.74) is 0. The summed E-state index contributed by atoms with van der Waals surface area (Å²) < 4.78 is 5.66. The van der Waals surface area contributed by atoms with Crippen molar-refractivity contribution in [3.8, 4) is 0 Å². The van der Waals surface area contributed by atoms with Crippen molar-refractivity contribution in [3.05, 3.63) is 0 Å². The molecule has 1 atom stereocenters. The van der Waals surface area contributed by atoms with Gasteiger partial charge in [-0.05, 0) is 39.9 Å². The molecule has 0 N–H and O–H groups in total. The van der Waals surface area contributed by atoms with Crippen LogP contribution in [0.4, 0.5) is 0 Å². The zero-order chi connectivity index (χ0) is 26.5. The van der Waals surface area contributed by atoms with E-state index in [1.165, 1.54) is 114 Å². The Morgan fingerprint density at radius 1 is 0.667 bits per heavy atom. The molecule has 0 rings (SSSR count). The van der Waals surface area contributed by atoms with Gasteiger partial charge in [0, 0.05) is 23.7 Å². The van der Waals surface area contributed by atoms with Gasteiger partial charge in [0.05, 0.1) is 5.25 Å². The maximum atomic E-state index is 12.2. The first kappa shape index (κ1) is 36.8. The highest BCUT2D eigenvalue weighted by atomic mass is 33.1. The fourth-order valence-electron chi connectivity index (χ4n) is 3.82. The van der Waals surface area contributed by atoms with E-state index >= 15 is 0 Å². The Hall–Kier alpha value is 0.830. The number of ether oxygens (including phenoxy) is 1. The van der Waals surface area contributed by atoms with Gasteiger partial charge < -0.3 is 9.64 Å². The molecule has 0 bridgehead atoms. The normalized spacial score (nSPS) is 12.4. The average molecular weight is 582 g/mol. The molecule has 0 radical (unpaired) electrons. The Kier molecular flexibility index (Phi) is 31.1. The van der Waals surface area contributed by atoms with Crippen molar-refractivity contribution >= 4 is 49.1 Å². The average Bonchev–Trinajstić information content (AvgIpc) is 2.86. The van der Waals surface area contributed by atoms with Crippen molar-refractivity contribution in [3.63, 3.8) is 0 Å². The zero-order valence-corrected chi connectivity index (χ0v) is 27.5. The van der Waals surface area contributed by atoms with Gasteiger partial charge >= 0.3 is 5.97 Å². The molecule has 0 spiro atoms. The fraction of sp³-hybridized carbons (Fsp3) is 0.966. The standard InChI is InChI=1S/C29H59NO2S4/c1-5-7-9-11-13-15-17-19-24-33-35-27-28(26-32-29(31)22-21-23-30(3)4)36-34-25-20-18-16-14-12-10-8-6-2/h28H,5-27H2,1-4H3. The highest BCUT2D eigenvalue weighted by Gasteiger charge is 2.14. The summed E-state index contributed by atoms with van der Waals surface area (Å²) in [5, 5.41) is 0.387. The van der Waals surface area contributed by atoms with E-state index in [9.17, 15) is 4.79 Å². The molecular weight excluding hydrogens is 523 g/mol. The van der Waals surface area contributed by atoms with Crippen LogP contribution in [0.25, 0.3) is 0 Å². The molecule has 0 aromatic rings. The highest BCUT2D eigenvalue weighted by Crippen LogP contribution is 2.34. The third kappa shape index (κ3) is 29.4. The van der Waals surface area contributed by atoms with E-state index in [0.29, 0.717) is 18.3 Å². The molecular formula is C29H59NO2S4. The van der Waals surface area contributed by atoms with Gasteiger partial charge in [0.2, 0.25) is 0 Å². The predicted molar refractivity (Wildman–Crippen MR) is 173 cm³/mol. The van der Waals surface area contributed by atoms with Crippen LogP contribution in [-0.2, 0) is 9.53 Å². The molecule has 1 unspecified atom stereocenters. The summed E-state index contributed by atoms with van der Waals surface area (Å²) in [6.07, 6.45) is 23.5. The molecule has 0 aliphatic carbocycles. The van der Waals surface area contributed by atoms with Crippen molar-refractivity contribution < 1.29 is 9.53 Å². The quantitative estimate of drug-likeness (QED) is 0.0493. The first-order valence-corrected chi connectivity index (χ1v) is 19.8. The SMILES string of the molecule is CCCCCCCCCCSSCC(COC(=O)CCCN(C)C)SSCCCCCCCCCC. The molecule has 3 nitrogen and oxygen atoms in total. The summed E-state index contributed by atoms with van der Waals surface area (Å²) in [4.78, 5) is 14.3. The van der Waals surface area contributed by atoms with E-state index in [1.54, 1.807) is 0 Å². The van der Waals surface area contributed by atoms with Crippen LogP contribution in [0, 0.1) is 0 Å². The molecule has 0 aromatic carbocycles. The lowest BCUT2D eigenvalue weighted by atomic mass is 10.1. The number of hydrogen-bond acceptors (Lipinski definition) is 7. The Bertz CT molecular complexity index is 455. The number of unbranched alkanes of at least 4 members (excludes halogenated alkanes) is 14. The van der Waals surface area contributed by atoms with Gasteiger partial charge in [-0.2, -0.15) is 0 Å². The van der Waals surface area contributed by atoms with Crippen LogP contribution < -0.4 is 0 Å². The lowest BCUT2D eigenvalue weighted by molar-refractivity contribution is -0.143. The van der Waals surface area contributed by atoms with E-state index in [-0.39, 0.29) is 5.97 Å². The Balaban J connectivity index is 3.98. The van der Waals surface area contributed by atoms with Crippen LogP contribution in [0.2, 0.25) is 0 Å². The van der Waals surface area contributed by atoms with E-state index in [0.717, 1.165) is 18.7 Å². The molecule has 216 valence electrons. The second kappa shape index (κ2) is 30.4. The van der Waals surface area contributed by atoms with Crippen LogP contribution in [0.15, 0.2) is 0 Å². The molecule has 0 amide bonds. The first-order valence-electron chi connectivity index (χ1n) is 14.9. The van der Waals surface area contributed by atoms with Gasteiger partial charge in [0.1, 0.15) is 6.61 Å². The maximum absolute atomic E-state index is 12.2. The second-order valence-corrected chi connectivity index (χ2v) is 15.6. The van der Waals surface area contributed by atoms with Gasteiger partial charge in [-0.25, -0.2) is 0 Å². The minimum Gasteiger partial charge on any atom is -0.464 e. The summed E-state index contributed by atoms with van der Waals surface area (Å²) in [6, 6.07) is 0. The number of rotatable bonds is 29. The molecule has 0 heterocycles. The van der Waals surface area contributed by atoms with Crippen molar-refractivity contribution in [1.82, 2.24) is 4.90 Å². The molecule has 7 heteroatoms. The Morgan fingerprint density at radius 3 is 1.69 bits per heavy atom. The lowest BCUT2D eigenvalue weighted by Gasteiger charge is -2.16. The van der Waals surface area contributed by atoms with E-state index < -0.39 is 0 Å². The van der Waals surface area contributed by atoms with Crippen LogP contribution >= 0.6 is 43.2 Å². The second-order valence-electron chi connectivity index (χ2n) is 10.2. The molecule has 0 fully saturated rings. The number of esters is 1. The molecule has 0 aromatic heterocycles. The highest BCUT2D eigenvalue weighted by molar-refractivity contribution is 8.78. The van der Waals surface area contributed by atoms with Gasteiger partial charge in [0.25, 0.3) is 0 Å². The van der Waals surface area contributed by atoms with Crippen LogP contribution in [0.5, 0.6) is 0 Å². The number of carbonyl (C=O) groups is 1. The zero-order valence-electron chi connectivity index (χ0n) is 24.2. The summed E-state index contributed by atoms with van der Waals surface area (Å²) in [6.45, 7) is 6.06. The van der Waals surface area contributed by atoms with Crippen molar-refractivity contribution in [2.75, 3.05) is 44.5 Å². The van der Waals surface area contributed by atoms with Crippen LogP contribution in [0.1, 0.15) is 129 Å². The minimum absolute atomic E-state index is 0.0351. The Labute approximate surface area is 241 Å². The third-order valence-corrected chi connectivity index (χ3v) is 11.8. The predicted octanol–water partition coefficient (Wildman–Crippen LogP) is 10.3. The van der Waals surface area contributed by atoms with Crippen molar-refractivity contribution in [2.45, 2.75) is 135 Å². The number of carbonyl (C=O) groups excluding carboxylic acids is 1. The van der Waals surface area contributed by atoms with Crippen LogP contribution in [0.3, 0.4) is 0 Å². The summed E-state index contributed by atoms with van der Waals surface area (Å²) in [5.74, 6) is 3.48. The Morgan fingerprint density at radius 2 is 1.17 bits per heavy atom. The van der Waals surface area contributed by atoms with Crippen LogP contribution in [-0.4, -0.2) is 60.6 Å². The lowest BCUT2D eigenvalue weighted by Crippen LogP contribution is -2.19. The summed E-state index contributed by atoms with van der Waals surface area (Å²) >= 11 is 0. The van der Waals surface area contributed by atoms with Crippen molar-refractivity contribution in [1.29, 1.82) is 0 Å². The van der Waals surface area contributed by atoms with Gasteiger partial charge in [0.15, 0.2) is 0 Å². The van der Waals surface area contributed by atoms with E-state index in [4.69, 9.17) is 4.74 Å². The third-order valence-electron chi connectivity index (χ3n) is 6.12. The first-order chi connectivity index (χ1) is 17.6. The maximum Gasteiger partial charge on any atom is 0.305 e. The topological polar surface area (TPSA) is 29.5 Å². The van der Waals surface area contributed by atoms with Crippen molar-refractivity contribution in [2.24, 2.45) is 0 Å². The monoisotopic (exact) mass is 581 g/mol. The van der Waals surface area contributed by atoms with Gasteiger partial charge in [-0.3, -0.25) is 4.79 Å². The summed E-state index contributed by atoms with van der Waals surface area (Å²) in [7, 11) is 12.0. The smallest absolute Gasteiger partial charge is 0.305 e. The van der Waals surface area contributed by atoms with Gasteiger partial charge in [-0.1, -0.05) is 147 Å². The molecule has 0 saturated heterocycles. The molecule has 36 heavy (non-hydrogen) atoms. The molecule has 0 aliphatic heterocycles. The number of nitrogens with zero attached hydrogens (tertiary/aromatic N) is 1. The number of hydrogen-bond donors (Lipinski definition) is 0. The molecule has 0 aliphatic rings. The van der Waals surface area contributed by atoms with Gasteiger partial charge in [-0.15, -0.1) is 0 Å². The van der Waals surface area contributed by atoms with E-state index in [1.807, 2.05) is 57.3 Å². The van der Waals surface area contributed by atoms with E-state index in [2.05, 4.69) is 18.7 Å². The molecule has 0 saturated carbocycles. The fourth-order valence-corrected chi connectivity index (χ4v) is 9.40.